The zero-order valence-electron chi connectivity index (χ0n) is 18.7. The summed E-state index contributed by atoms with van der Waals surface area (Å²) in [6.45, 7) is 23.5. The summed E-state index contributed by atoms with van der Waals surface area (Å²) >= 11 is 0. The maximum absolute atomic E-state index is 5.23. The van der Waals surface area contributed by atoms with Gasteiger partial charge in [0, 0.05) is 7.11 Å². The van der Waals surface area contributed by atoms with Crippen LogP contribution in [0.15, 0.2) is 25.5 Å². The van der Waals surface area contributed by atoms with E-state index in [-0.39, 0.29) is 0 Å². The Kier molecular flexibility index (Phi) is 31.1. The Bertz CT molecular complexity index is 280. The average Bonchev–Trinajstić information content (AvgIpc) is 2.59. The van der Waals surface area contributed by atoms with Crippen LogP contribution in [0.25, 0.3) is 0 Å². The normalized spacial score (nSPS) is 10.1. The van der Waals surface area contributed by atoms with E-state index in [0.717, 1.165) is 0 Å². The average molecular weight is 393 g/mol. The molecule has 0 radical (unpaired) electrons. The van der Waals surface area contributed by atoms with Crippen molar-refractivity contribution < 1.29 is 28.4 Å². The Labute approximate surface area is 167 Å². The lowest BCUT2D eigenvalue weighted by Gasteiger charge is -2.06. The predicted molar refractivity (Wildman–Crippen MR) is 112 cm³/mol. The van der Waals surface area contributed by atoms with Crippen molar-refractivity contribution in [2.45, 2.75) is 59.9 Å². The first-order valence-corrected chi connectivity index (χ1v) is 9.56. The van der Waals surface area contributed by atoms with E-state index in [2.05, 4.69) is 13.2 Å². The van der Waals surface area contributed by atoms with Gasteiger partial charge in [-0.05, 0) is 41.5 Å². The fraction of sp³-hybridized carbons (Fsp3) is 0.810. The quantitative estimate of drug-likeness (QED) is 0.236. The van der Waals surface area contributed by atoms with Crippen LogP contribution in [-0.2, 0) is 28.4 Å². The summed E-state index contributed by atoms with van der Waals surface area (Å²) in [4.78, 5) is 0. The van der Waals surface area contributed by atoms with Crippen LogP contribution in [0.2, 0.25) is 0 Å². The van der Waals surface area contributed by atoms with E-state index in [9.17, 15) is 0 Å². The standard InChI is InChI=1S/C8H16O2.C7H14O2.C6H14O2/c1-4-5-9-6-7-10-8(2)3;1-4-8-5-6-9-7(2)3;1-6(2)8-5-4-7-3/h4,8H,1,5-7H2,2-3H3;4,7H,1,5-6H2,2-3H3;6H,4-5H2,1-3H3. The summed E-state index contributed by atoms with van der Waals surface area (Å²) in [6, 6.07) is 0. The molecule has 0 atom stereocenters. The van der Waals surface area contributed by atoms with Crippen molar-refractivity contribution in [2.75, 3.05) is 53.4 Å². The first kappa shape index (κ1) is 30.8. The molecule has 6 heteroatoms. The number of rotatable bonds is 15. The van der Waals surface area contributed by atoms with E-state index in [1.165, 1.54) is 6.26 Å². The van der Waals surface area contributed by atoms with Crippen LogP contribution in [0.3, 0.4) is 0 Å². The van der Waals surface area contributed by atoms with Gasteiger partial charge in [-0.25, -0.2) is 0 Å². The summed E-state index contributed by atoms with van der Waals surface area (Å²) in [6.07, 6.45) is 4.06. The molecule has 27 heavy (non-hydrogen) atoms. The Hall–Kier alpha value is -0.920. The van der Waals surface area contributed by atoms with E-state index in [1.54, 1.807) is 13.2 Å². The summed E-state index contributed by atoms with van der Waals surface area (Å²) in [7, 11) is 1.67. The van der Waals surface area contributed by atoms with Crippen LogP contribution < -0.4 is 0 Å². The second kappa shape index (κ2) is 27.3. The van der Waals surface area contributed by atoms with Crippen molar-refractivity contribution in [3.05, 3.63) is 25.5 Å². The Morgan fingerprint density at radius 1 is 0.667 bits per heavy atom. The van der Waals surface area contributed by atoms with Crippen LogP contribution in [0.4, 0.5) is 0 Å². The molecule has 164 valence electrons. The Morgan fingerprint density at radius 3 is 1.48 bits per heavy atom. The summed E-state index contributed by atoms with van der Waals surface area (Å²) in [5.41, 5.74) is 0. The molecular formula is C21H44O6. The molecule has 0 rings (SSSR count). The lowest BCUT2D eigenvalue weighted by atomic mass is 10.5. The van der Waals surface area contributed by atoms with Crippen molar-refractivity contribution in [1.82, 2.24) is 0 Å². The van der Waals surface area contributed by atoms with Gasteiger partial charge in [0.1, 0.15) is 6.61 Å². The highest BCUT2D eigenvalue weighted by Gasteiger charge is 1.91. The molecule has 0 saturated carbocycles. The smallest absolute Gasteiger partial charge is 0.111 e. The minimum atomic E-state index is 0.290. The highest BCUT2D eigenvalue weighted by molar-refractivity contribution is 4.63. The molecule has 0 aromatic carbocycles. The van der Waals surface area contributed by atoms with Gasteiger partial charge in [-0.1, -0.05) is 12.7 Å². The summed E-state index contributed by atoms with van der Waals surface area (Å²) in [5.74, 6) is 0. The largest absolute Gasteiger partial charge is 0.499 e. The lowest BCUT2D eigenvalue weighted by molar-refractivity contribution is 0.0269. The highest BCUT2D eigenvalue weighted by Crippen LogP contribution is 1.87. The fourth-order valence-corrected chi connectivity index (χ4v) is 1.29. The molecule has 0 aliphatic heterocycles. The second-order valence-electron chi connectivity index (χ2n) is 6.15. The van der Waals surface area contributed by atoms with Crippen molar-refractivity contribution in [2.24, 2.45) is 0 Å². The third-order valence-corrected chi connectivity index (χ3v) is 2.42. The van der Waals surface area contributed by atoms with Crippen molar-refractivity contribution >= 4 is 0 Å². The molecule has 0 N–H and O–H groups in total. The van der Waals surface area contributed by atoms with Gasteiger partial charge in [0.05, 0.1) is 64.2 Å². The minimum Gasteiger partial charge on any atom is -0.499 e. The topological polar surface area (TPSA) is 55.4 Å². The number of hydrogen-bond donors (Lipinski definition) is 0. The predicted octanol–water partition coefficient (Wildman–Crippen LogP) is 4.24. The summed E-state index contributed by atoms with van der Waals surface area (Å²) < 4.78 is 30.2. The SMILES string of the molecule is C=CCOCCOC(C)C.C=COCCOC(C)C.COCCOC(C)C. The monoisotopic (exact) mass is 392 g/mol. The number of hydrogen-bond acceptors (Lipinski definition) is 6. The molecule has 0 unspecified atom stereocenters. The molecule has 0 aromatic heterocycles. The van der Waals surface area contributed by atoms with Gasteiger partial charge in [-0.15, -0.1) is 6.58 Å². The van der Waals surface area contributed by atoms with Gasteiger partial charge in [0.25, 0.3) is 0 Å². The zero-order valence-corrected chi connectivity index (χ0v) is 18.7. The molecule has 0 aliphatic carbocycles. The molecule has 0 aliphatic rings. The van der Waals surface area contributed by atoms with Gasteiger partial charge in [0.2, 0.25) is 0 Å². The third kappa shape index (κ3) is 45.8. The van der Waals surface area contributed by atoms with E-state index >= 15 is 0 Å². The number of methoxy groups -OCH3 is 1. The lowest BCUT2D eigenvalue weighted by Crippen LogP contribution is -2.09. The number of ether oxygens (including phenoxy) is 6. The van der Waals surface area contributed by atoms with Gasteiger partial charge in [-0.3, -0.25) is 0 Å². The van der Waals surface area contributed by atoms with E-state index in [4.69, 9.17) is 28.4 Å². The molecule has 0 heterocycles. The molecule has 0 amide bonds. The van der Waals surface area contributed by atoms with Crippen molar-refractivity contribution in [3.63, 3.8) is 0 Å². The summed E-state index contributed by atoms with van der Waals surface area (Å²) in [5, 5.41) is 0. The van der Waals surface area contributed by atoms with E-state index < -0.39 is 0 Å². The van der Waals surface area contributed by atoms with Crippen molar-refractivity contribution in [1.29, 1.82) is 0 Å². The molecule has 0 spiro atoms. The Morgan fingerprint density at radius 2 is 1.11 bits per heavy atom. The maximum atomic E-state index is 5.23. The maximum Gasteiger partial charge on any atom is 0.111 e. The first-order chi connectivity index (χ1) is 12.8. The molecule has 6 nitrogen and oxygen atoms in total. The second-order valence-corrected chi connectivity index (χ2v) is 6.15. The zero-order chi connectivity index (χ0) is 21.3. The molecule has 0 saturated heterocycles. The third-order valence-electron chi connectivity index (χ3n) is 2.42. The van der Waals surface area contributed by atoms with Crippen LogP contribution >= 0.6 is 0 Å². The van der Waals surface area contributed by atoms with Crippen LogP contribution in [0.5, 0.6) is 0 Å². The van der Waals surface area contributed by atoms with Gasteiger partial charge in [-0.2, -0.15) is 0 Å². The molecule has 0 fully saturated rings. The van der Waals surface area contributed by atoms with Crippen molar-refractivity contribution in [3.8, 4) is 0 Å². The minimum absolute atomic E-state index is 0.290. The molecular weight excluding hydrogens is 348 g/mol. The van der Waals surface area contributed by atoms with Gasteiger partial charge < -0.3 is 28.4 Å². The van der Waals surface area contributed by atoms with Crippen LogP contribution in [0.1, 0.15) is 41.5 Å². The fourth-order valence-electron chi connectivity index (χ4n) is 1.29. The Balaban J connectivity index is -0.000000322. The van der Waals surface area contributed by atoms with E-state index in [1.807, 2.05) is 41.5 Å². The molecule has 0 aromatic rings. The highest BCUT2D eigenvalue weighted by atomic mass is 16.5. The van der Waals surface area contributed by atoms with Gasteiger partial charge in [0.15, 0.2) is 0 Å². The van der Waals surface area contributed by atoms with Gasteiger partial charge >= 0.3 is 0 Å². The molecule has 0 bridgehead atoms. The van der Waals surface area contributed by atoms with Crippen LogP contribution in [0, 0.1) is 0 Å². The van der Waals surface area contributed by atoms with Crippen LogP contribution in [-0.4, -0.2) is 71.7 Å². The first-order valence-electron chi connectivity index (χ1n) is 9.56. The van der Waals surface area contributed by atoms with E-state index in [0.29, 0.717) is 64.6 Å².